The van der Waals surface area contributed by atoms with E-state index in [1.165, 1.54) is 0 Å². The van der Waals surface area contributed by atoms with Crippen molar-refractivity contribution in [2.45, 2.75) is 31.9 Å². The molecule has 0 radical (unpaired) electrons. The number of ether oxygens (including phenoxy) is 1. The van der Waals surface area contributed by atoms with Gasteiger partial charge in [0.1, 0.15) is 11.5 Å². The molecule has 2 N–H and O–H groups in total. The molecule has 1 unspecified atom stereocenters. The highest BCUT2D eigenvalue weighted by Crippen LogP contribution is 2.22. The van der Waals surface area contributed by atoms with Gasteiger partial charge in [-0.05, 0) is 25.0 Å². The van der Waals surface area contributed by atoms with Crippen molar-refractivity contribution in [3.05, 3.63) is 59.7 Å². The lowest BCUT2D eigenvalue weighted by Gasteiger charge is -2.26. The van der Waals surface area contributed by atoms with Crippen LogP contribution in [0.15, 0.2) is 48.5 Å². The summed E-state index contributed by atoms with van der Waals surface area (Å²) in [5.74, 6) is 0.200. The lowest BCUT2D eigenvalue weighted by molar-refractivity contribution is -0.132. The van der Waals surface area contributed by atoms with E-state index in [4.69, 9.17) is 4.74 Å². The number of phenolic OH excluding ortho intramolecular Hbond substituents is 2. The normalized spacial score (nSPS) is 16.7. The van der Waals surface area contributed by atoms with E-state index in [-0.39, 0.29) is 29.9 Å². The van der Waals surface area contributed by atoms with Crippen LogP contribution >= 0.6 is 0 Å². The molecule has 3 rings (SSSR count). The molecule has 0 bridgehead atoms. The van der Waals surface area contributed by atoms with Crippen molar-refractivity contribution in [1.29, 1.82) is 0 Å². The van der Waals surface area contributed by atoms with Crippen LogP contribution in [0, 0.1) is 0 Å². The number of benzene rings is 2. The molecule has 1 aliphatic rings. The van der Waals surface area contributed by atoms with Gasteiger partial charge in [-0.15, -0.1) is 0 Å². The van der Waals surface area contributed by atoms with E-state index in [1.54, 1.807) is 41.3 Å². The van der Waals surface area contributed by atoms with E-state index in [9.17, 15) is 15.0 Å². The fourth-order valence-electron chi connectivity index (χ4n) is 3.07. The van der Waals surface area contributed by atoms with E-state index in [0.717, 1.165) is 19.4 Å². The first kappa shape index (κ1) is 17.3. The Labute approximate surface area is 147 Å². The van der Waals surface area contributed by atoms with Gasteiger partial charge >= 0.3 is 0 Å². The van der Waals surface area contributed by atoms with Crippen molar-refractivity contribution in [2.75, 3.05) is 13.2 Å². The quantitative estimate of drug-likeness (QED) is 0.848. The van der Waals surface area contributed by atoms with Gasteiger partial charge in [0.25, 0.3) is 0 Å². The standard InChI is InChI=1S/C20H23NO4/c22-18-9-3-1-6-15(18)12-20(24)21(14-17-8-5-11-25-17)13-16-7-2-4-10-19(16)23/h1-4,6-7,9-10,17,22-23H,5,8,11-14H2. The molecule has 132 valence electrons. The highest BCUT2D eigenvalue weighted by molar-refractivity contribution is 5.79. The minimum absolute atomic E-state index is 0.0270. The molecular weight excluding hydrogens is 318 g/mol. The maximum atomic E-state index is 12.8. The molecule has 5 nitrogen and oxygen atoms in total. The third kappa shape index (κ3) is 4.51. The van der Waals surface area contributed by atoms with Gasteiger partial charge in [-0.25, -0.2) is 0 Å². The zero-order chi connectivity index (χ0) is 17.6. The predicted molar refractivity (Wildman–Crippen MR) is 94.3 cm³/mol. The van der Waals surface area contributed by atoms with Crippen molar-refractivity contribution < 1.29 is 19.7 Å². The summed E-state index contributed by atoms with van der Waals surface area (Å²) >= 11 is 0. The van der Waals surface area contributed by atoms with Crippen LogP contribution in [0.2, 0.25) is 0 Å². The fraction of sp³-hybridized carbons (Fsp3) is 0.350. The van der Waals surface area contributed by atoms with E-state index in [0.29, 0.717) is 24.2 Å². The molecule has 0 aromatic heterocycles. The average Bonchev–Trinajstić information content (AvgIpc) is 3.11. The molecule has 2 aromatic rings. The Hall–Kier alpha value is -2.53. The zero-order valence-electron chi connectivity index (χ0n) is 14.1. The minimum atomic E-state index is -0.0970. The lowest BCUT2D eigenvalue weighted by atomic mass is 10.1. The Balaban J connectivity index is 1.76. The summed E-state index contributed by atoms with van der Waals surface area (Å²) in [6.07, 6.45) is 2.08. The van der Waals surface area contributed by atoms with Gasteiger partial charge in [0.05, 0.1) is 12.5 Å². The third-order valence-electron chi connectivity index (χ3n) is 4.49. The Morgan fingerprint density at radius 3 is 2.28 bits per heavy atom. The van der Waals surface area contributed by atoms with Crippen LogP contribution in [0.25, 0.3) is 0 Å². The van der Waals surface area contributed by atoms with E-state index in [2.05, 4.69) is 0 Å². The van der Waals surface area contributed by atoms with Gasteiger partial charge in [0.2, 0.25) is 5.91 Å². The average molecular weight is 341 g/mol. The smallest absolute Gasteiger partial charge is 0.227 e. The summed E-state index contributed by atoms with van der Waals surface area (Å²) in [5, 5.41) is 20.0. The molecule has 25 heavy (non-hydrogen) atoms. The Bertz CT molecular complexity index is 725. The van der Waals surface area contributed by atoms with Gasteiger partial charge in [-0.1, -0.05) is 36.4 Å². The first-order valence-electron chi connectivity index (χ1n) is 8.56. The van der Waals surface area contributed by atoms with Crippen LogP contribution in [-0.4, -0.2) is 40.3 Å². The molecule has 1 atom stereocenters. The predicted octanol–water partition coefficient (Wildman–Crippen LogP) is 2.85. The lowest BCUT2D eigenvalue weighted by Crippen LogP contribution is -2.37. The summed E-state index contributed by atoms with van der Waals surface area (Å²) in [6, 6.07) is 13.9. The zero-order valence-corrected chi connectivity index (χ0v) is 14.1. The number of para-hydroxylation sites is 2. The molecular formula is C20H23NO4. The number of phenols is 2. The van der Waals surface area contributed by atoms with Crippen molar-refractivity contribution in [3.63, 3.8) is 0 Å². The van der Waals surface area contributed by atoms with E-state index in [1.807, 2.05) is 12.1 Å². The van der Waals surface area contributed by atoms with Crippen LogP contribution in [-0.2, 0) is 22.5 Å². The summed E-state index contributed by atoms with van der Waals surface area (Å²) in [6.45, 7) is 1.53. The van der Waals surface area contributed by atoms with Crippen LogP contribution in [0.5, 0.6) is 11.5 Å². The van der Waals surface area contributed by atoms with Crippen LogP contribution < -0.4 is 0 Å². The first-order chi connectivity index (χ1) is 12.1. The number of hydrogen-bond acceptors (Lipinski definition) is 4. The van der Waals surface area contributed by atoms with Crippen molar-refractivity contribution in [3.8, 4) is 11.5 Å². The SMILES string of the molecule is O=C(Cc1ccccc1O)N(Cc1ccccc1O)CC1CCCO1. The molecule has 1 saturated heterocycles. The highest BCUT2D eigenvalue weighted by atomic mass is 16.5. The van der Waals surface area contributed by atoms with Gasteiger partial charge in [-0.3, -0.25) is 4.79 Å². The van der Waals surface area contributed by atoms with Crippen molar-refractivity contribution in [2.24, 2.45) is 0 Å². The van der Waals surface area contributed by atoms with Crippen molar-refractivity contribution >= 4 is 5.91 Å². The second-order valence-corrected chi connectivity index (χ2v) is 6.34. The molecule has 0 spiro atoms. The number of hydrogen-bond donors (Lipinski definition) is 2. The van der Waals surface area contributed by atoms with Crippen LogP contribution in [0.4, 0.5) is 0 Å². The second-order valence-electron chi connectivity index (χ2n) is 6.34. The van der Waals surface area contributed by atoms with Gasteiger partial charge in [0.15, 0.2) is 0 Å². The first-order valence-corrected chi connectivity index (χ1v) is 8.56. The van der Waals surface area contributed by atoms with Crippen LogP contribution in [0.1, 0.15) is 24.0 Å². The van der Waals surface area contributed by atoms with Gasteiger partial charge < -0.3 is 19.8 Å². The molecule has 1 amide bonds. The molecule has 1 aliphatic heterocycles. The van der Waals surface area contributed by atoms with E-state index >= 15 is 0 Å². The maximum Gasteiger partial charge on any atom is 0.227 e. The molecule has 5 heteroatoms. The Kier molecular flexibility index (Phi) is 5.56. The number of nitrogens with zero attached hydrogens (tertiary/aromatic N) is 1. The molecule has 1 fully saturated rings. The van der Waals surface area contributed by atoms with Crippen LogP contribution in [0.3, 0.4) is 0 Å². The topological polar surface area (TPSA) is 70.0 Å². The fourth-order valence-corrected chi connectivity index (χ4v) is 3.07. The monoisotopic (exact) mass is 341 g/mol. The van der Waals surface area contributed by atoms with Gasteiger partial charge in [0, 0.05) is 30.8 Å². The molecule has 0 saturated carbocycles. The number of carbonyl (C=O) groups excluding carboxylic acids is 1. The van der Waals surface area contributed by atoms with E-state index < -0.39 is 0 Å². The molecule has 0 aliphatic carbocycles. The molecule has 2 aromatic carbocycles. The third-order valence-corrected chi connectivity index (χ3v) is 4.49. The number of amides is 1. The summed E-state index contributed by atoms with van der Waals surface area (Å²) in [5.41, 5.74) is 1.30. The number of carbonyl (C=O) groups is 1. The summed E-state index contributed by atoms with van der Waals surface area (Å²) in [4.78, 5) is 14.6. The largest absolute Gasteiger partial charge is 0.508 e. The van der Waals surface area contributed by atoms with Gasteiger partial charge in [-0.2, -0.15) is 0 Å². The Morgan fingerprint density at radius 2 is 1.68 bits per heavy atom. The minimum Gasteiger partial charge on any atom is -0.508 e. The number of rotatable bonds is 6. The van der Waals surface area contributed by atoms with Crippen molar-refractivity contribution in [1.82, 2.24) is 4.90 Å². The summed E-state index contributed by atoms with van der Waals surface area (Å²) < 4.78 is 5.67. The Morgan fingerprint density at radius 1 is 1.04 bits per heavy atom. The second kappa shape index (κ2) is 8.03. The number of aromatic hydroxyl groups is 2. The molecule has 1 heterocycles. The maximum absolute atomic E-state index is 12.8. The summed E-state index contributed by atoms with van der Waals surface area (Å²) in [7, 11) is 0. The highest BCUT2D eigenvalue weighted by Gasteiger charge is 2.24.